The van der Waals surface area contributed by atoms with Crippen molar-refractivity contribution in [2.24, 2.45) is 0 Å². The molecule has 1 rings (SSSR count). The quantitative estimate of drug-likeness (QED) is 0.771. The monoisotopic (exact) mass is 243 g/mol. The molecule has 0 aliphatic heterocycles. The number of hydrogen-bond acceptors (Lipinski definition) is 2. The Morgan fingerprint density at radius 1 is 1.38 bits per heavy atom. The standard InChI is InChI=1S/C12H25NO2Si/c1-12(2,3)16(4,5)15-9-11(14)13-10-7-6-8-10/h10H,6-9H2,1-5H3,(H,13,14). The molecule has 0 bridgehead atoms. The van der Waals surface area contributed by atoms with Crippen LogP contribution in [0.2, 0.25) is 18.1 Å². The van der Waals surface area contributed by atoms with Crippen molar-refractivity contribution >= 4 is 14.2 Å². The van der Waals surface area contributed by atoms with E-state index in [4.69, 9.17) is 4.43 Å². The molecule has 0 saturated heterocycles. The van der Waals surface area contributed by atoms with Gasteiger partial charge in [0, 0.05) is 6.04 Å². The zero-order valence-electron chi connectivity index (χ0n) is 11.2. The summed E-state index contributed by atoms with van der Waals surface area (Å²) in [6, 6.07) is 0.413. The van der Waals surface area contributed by atoms with Crippen LogP contribution < -0.4 is 5.32 Å². The summed E-state index contributed by atoms with van der Waals surface area (Å²) in [6.07, 6.45) is 3.51. The van der Waals surface area contributed by atoms with Gasteiger partial charge in [-0.3, -0.25) is 4.79 Å². The smallest absolute Gasteiger partial charge is 0.244 e. The van der Waals surface area contributed by atoms with E-state index in [9.17, 15) is 4.79 Å². The average molecular weight is 243 g/mol. The minimum atomic E-state index is -1.77. The zero-order chi connectivity index (χ0) is 12.4. The second kappa shape index (κ2) is 4.88. The molecule has 0 spiro atoms. The Morgan fingerprint density at radius 2 is 1.94 bits per heavy atom. The summed E-state index contributed by atoms with van der Waals surface area (Å²) in [7, 11) is -1.77. The molecule has 1 N–H and O–H groups in total. The van der Waals surface area contributed by atoms with E-state index in [0.29, 0.717) is 6.04 Å². The fourth-order valence-electron chi connectivity index (χ4n) is 1.28. The summed E-state index contributed by atoms with van der Waals surface area (Å²) in [5, 5.41) is 3.17. The van der Waals surface area contributed by atoms with Crippen molar-refractivity contribution in [1.82, 2.24) is 5.32 Å². The predicted molar refractivity (Wildman–Crippen MR) is 68.9 cm³/mol. The maximum absolute atomic E-state index is 11.6. The molecule has 0 aromatic heterocycles. The van der Waals surface area contributed by atoms with Gasteiger partial charge in [0.25, 0.3) is 0 Å². The second-order valence-corrected chi connectivity index (χ2v) is 11.1. The van der Waals surface area contributed by atoms with Crippen LogP contribution in [0.3, 0.4) is 0 Å². The normalized spacial score (nSPS) is 18.1. The minimum Gasteiger partial charge on any atom is -0.408 e. The number of carbonyl (C=O) groups is 1. The third-order valence-corrected chi connectivity index (χ3v) is 8.32. The maximum atomic E-state index is 11.6. The lowest BCUT2D eigenvalue weighted by Gasteiger charge is -2.36. The largest absolute Gasteiger partial charge is 0.408 e. The lowest BCUT2D eigenvalue weighted by molar-refractivity contribution is -0.124. The fourth-order valence-corrected chi connectivity index (χ4v) is 2.21. The molecule has 1 aliphatic carbocycles. The molecule has 0 heterocycles. The van der Waals surface area contributed by atoms with Crippen LogP contribution in [-0.2, 0) is 9.22 Å². The predicted octanol–water partition coefficient (Wildman–Crippen LogP) is 2.68. The Balaban J connectivity index is 2.30. The Morgan fingerprint density at radius 3 is 2.31 bits per heavy atom. The summed E-state index contributed by atoms with van der Waals surface area (Å²) in [6.45, 7) is 11.1. The van der Waals surface area contributed by atoms with Gasteiger partial charge in [-0.2, -0.15) is 0 Å². The molecule has 4 heteroatoms. The van der Waals surface area contributed by atoms with E-state index in [1.807, 2.05) is 0 Å². The molecule has 0 radical (unpaired) electrons. The summed E-state index contributed by atoms with van der Waals surface area (Å²) >= 11 is 0. The van der Waals surface area contributed by atoms with Crippen molar-refractivity contribution in [3.63, 3.8) is 0 Å². The van der Waals surface area contributed by atoms with Crippen LogP contribution >= 0.6 is 0 Å². The molecule has 0 unspecified atom stereocenters. The molecule has 3 nitrogen and oxygen atoms in total. The van der Waals surface area contributed by atoms with E-state index in [1.165, 1.54) is 6.42 Å². The van der Waals surface area contributed by atoms with E-state index in [2.05, 4.69) is 39.2 Å². The van der Waals surface area contributed by atoms with Gasteiger partial charge < -0.3 is 9.74 Å². The first-order chi connectivity index (χ1) is 7.22. The molecule has 1 amide bonds. The average Bonchev–Trinajstić information content (AvgIpc) is 2.06. The first-order valence-corrected chi connectivity index (χ1v) is 9.06. The highest BCUT2D eigenvalue weighted by molar-refractivity contribution is 6.74. The van der Waals surface area contributed by atoms with Crippen LogP contribution in [0.15, 0.2) is 0 Å². The highest BCUT2D eigenvalue weighted by Crippen LogP contribution is 2.36. The van der Waals surface area contributed by atoms with Crippen molar-refractivity contribution in [3.8, 4) is 0 Å². The minimum absolute atomic E-state index is 0.0505. The van der Waals surface area contributed by atoms with E-state index in [0.717, 1.165) is 12.8 Å². The molecule has 0 aromatic rings. The molecule has 0 atom stereocenters. The molecule has 16 heavy (non-hydrogen) atoms. The third-order valence-electron chi connectivity index (χ3n) is 3.84. The number of carbonyl (C=O) groups excluding carboxylic acids is 1. The summed E-state index contributed by atoms with van der Waals surface area (Å²) in [4.78, 5) is 11.6. The highest BCUT2D eigenvalue weighted by atomic mass is 28.4. The SMILES string of the molecule is CC(C)(C)[Si](C)(C)OCC(=O)NC1CCC1. The van der Waals surface area contributed by atoms with Gasteiger partial charge >= 0.3 is 0 Å². The lowest BCUT2D eigenvalue weighted by Crippen LogP contribution is -2.46. The molecule has 0 aromatic carbocycles. The molecule has 1 fully saturated rings. The van der Waals surface area contributed by atoms with Crippen molar-refractivity contribution < 1.29 is 9.22 Å². The fraction of sp³-hybridized carbons (Fsp3) is 0.917. The molecule has 1 aliphatic rings. The number of amides is 1. The van der Waals surface area contributed by atoms with E-state index in [1.54, 1.807) is 0 Å². The van der Waals surface area contributed by atoms with E-state index >= 15 is 0 Å². The van der Waals surface area contributed by atoms with Gasteiger partial charge in [-0.15, -0.1) is 0 Å². The summed E-state index contributed by atoms with van der Waals surface area (Å²) in [5.74, 6) is 0.0505. The Bertz CT molecular complexity index is 254. The van der Waals surface area contributed by atoms with Crippen LogP contribution in [0, 0.1) is 0 Å². The first-order valence-electron chi connectivity index (χ1n) is 6.16. The van der Waals surface area contributed by atoms with Gasteiger partial charge in [0.05, 0.1) is 0 Å². The van der Waals surface area contributed by atoms with Gasteiger partial charge in [0.2, 0.25) is 5.91 Å². The van der Waals surface area contributed by atoms with E-state index in [-0.39, 0.29) is 17.6 Å². The molecule has 94 valence electrons. The summed E-state index contributed by atoms with van der Waals surface area (Å²) in [5.41, 5.74) is 0. The summed E-state index contributed by atoms with van der Waals surface area (Å²) < 4.78 is 5.85. The van der Waals surface area contributed by atoms with Crippen molar-refractivity contribution in [2.45, 2.75) is 64.2 Å². The third kappa shape index (κ3) is 3.59. The number of nitrogens with one attached hydrogen (secondary N) is 1. The van der Waals surface area contributed by atoms with Crippen LogP contribution in [0.1, 0.15) is 40.0 Å². The Hall–Kier alpha value is -0.353. The molecular formula is C12H25NO2Si. The van der Waals surface area contributed by atoms with Crippen LogP contribution in [0.25, 0.3) is 0 Å². The van der Waals surface area contributed by atoms with Gasteiger partial charge in [0.15, 0.2) is 8.32 Å². The second-order valence-electron chi connectivity index (χ2n) is 6.24. The van der Waals surface area contributed by atoms with Crippen molar-refractivity contribution in [1.29, 1.82) is 0 Å². The maximum Gasteiger partial charge on any atom is 0.244 e. The van der Waals surface area contributed by atoms with E-state index < -0.39 is 8.32 Å². The molecule has 1 saturated carbocycles. The van der Waals surface area contributed by atoms with Gasteiger partial charge in [0.1, 0.15) is 6.61 Å². The van der Waals surface area contributed by atoms with Crippen LogP contribution in [0.4, 0.5) is 0 Å². The number of hydrogen-bond donors (Lipinski definition) is 1. The topological polar surface area (TPSA) is 38.3 Å². The highest BCUT2D eigenvalue weighted by Gasteiger charge is 2.37. The van der Waals surface area contributed by atoms with Crippen LogP contribution in [0.5, 0.6) is 0 Å². The Kier molecular flexibility index (Phi) is 4.18. The first kappa shape index (κ1) is 13.7. The Labute approximate surface area is 100 Å². The van der Waals surface area contributed by atoms with Gasteiger partial charge in [-0.25, -0.2) is 0 Å². The zero-order valence-corrected chi connectivity index (χ0v) is 12.2. The van der Waals surface area contributed by atoms with Gasteiger partial charge in [-0.05, 0) is 37.4 Å². The van der Waals surface area contributed by atoms with Crippen molar-refractivity contribution in [2.75, 3.05) is 6.61 Å². The van der Waals surface area contributed by atoms with Gasteiger partial charge in [-0.1, -0.05) is 20.8 Å². The van der Waals surface area contributed by atoms with Crippen molar-refractivity contribution in [3.05, 3.63) is 0 Å². The lowest BCUT2D eigenvalue weighted by atomic mass is 9.93. The number of rotatable bonds is 4. The van der Waals surface area contributed by atoms with Crippen LogP contribution in [-0.4, -0.2) is 26.9 Å². The molecular weight excluding hydrogens is 218 g/mol.